The van der Waals surface area contributed by atoms with Crippen molar-refractivity contribution < 1.29 is 13.9 Å². The predicted molar refractivity (Wildman–Crippen MR) is 68.7 cm³/mol. The van der Waals surface area contributed by atoms with Crippen LogP contribution in [0.5, 0.6) is 0 Å². The minimum atomic E-state index is -0.600. The van der Waals surface area contributed by atoms with E-state index < -0.39 is 6.09 Å². The second-order valence-corrected chi connectivity index (χ2v) is 3.65. The smallest absolute Gasteiger partial charge is 0.427 e. The number of hydrogen-bond acceptors (Lipinski definition) is 4. The molecule has 18 heavy (non-hydrogen) atoms. The van der Waals surface area contributed by atoms with Gasteiger partial charge in [0, 0.05) is 17.4 Å². The Morgan fingerprint density at radius 2 is 2.28 bits per heavy atom. The molecule has 1 heterocycles. The topological polar surface area (TPSA) is 63.8 Å². The van der Waals surface area contributed by atoms with Crippen LogP contribution in [-0.4, -0.2) is 19.4 Å². The molecule has 0 spiro atoms. The van der Waals surface area contributed by atoms with Crippen molar-refractivity contribution in [3.63, 3.8) is 0 Å². The molecule has 5 nitrogen and oxygen atoms in total. The molecular weight excluding hydrogens is 232 g/mol. The highest BCUT2D eigenvalue weighted by Gasteiger charge is 2.10. The van der Waals surface area contributed by atoms with Gasteiger partial charge in [0.15, 0.2) is 0 Å². The van der Waals surface area contributed by atoms with Crippen molar-refractivity contribution in [2.75, 3.05) is 7.11 Å². The summed E-state index contributed by atoms with van der Waals surface area (Å²) in [6.07, 6.45) is 1.73. The van der Waals surface area contributed by atoms with Gasteiger partial charge in [-0.1, -0.05) is 25.1 Å². The summed E-state index contributed by atoms with van der Waals surface area (Å²) in [5.74, 6) is 0.839. The number of hydrogen-bond donors (Lipinski definition) is 1. The molecule has 1 amide bonds. The van der Waals surface area contributed by atoms with Gasteiger partial charge in [0.25, 0.3) is 0 Å². The molecule has 0 aliphatic heterocycles. The minimum absolute atomic E-state index is 0.600. The number of hydrazone groups is 1. The van der Waals surface area contributed by atoms with Gasteiger partial charge in [-0.3, -0.25) is 0 Å². The fourth-order valence-electron chi connectivity index (χ4n) is 1.72. The molecule has 2 aromatic rings. The molecule has 1 aromatic heterocycles. The third-order valence-corrected chi connectivity index (χ3v) is 2.57. The lowest BCUT2D eigenvalue weighted by molar-refractivity contribution is 0.171. The number of fused-ring (bicyclic) bond motifs is 1. The number of nitrogens with zero attached hydrogens (tertiary/aromatic N) is 1. The van der Waals surface area contributed by atoms with Crippen LogP contribution in [0.1, 0.15) is 18.2 Å². The van der Waals surface area contributed by atoms with Crippen molar-refractivity contribution in [3.05, 3.63) is 35.6 Å². The van der Waals surface area contributed by atoms with Gasteiger partial charge in [-0.25, -0.2) is 10.2 Å². The molecule has 0 fully saturated rings. The highest BCUT2D eigenvalue weighted by molar-refractivity contribution is 5.99. The van der Waals surface area contributed by atoms with Crippen molar-refractivity contribution in [1.82, 2.24) is 5.43 Å². The van der Waals surface area contributed by atoms with Crippen LogP contribution in [0, 0.1) is 0 Å². The van der Waals surface area contributed by atoms with E-state index in [2.05, 4.69) is 15.3 Å². The first-order valence-corrected chi connectivity index (χ1v) is 5.63. The number of amides is 1. The van der Waals surface area contributed by atoms with E-state index in [0.717, 1.165) is 28.7 Å². The molecule has 0 saturated carbocycles. The van der Waals surface area contributed by atoms with Gasteiger partial charge < -0.3 is 9.15 Å². The number of nitrogens with one attached hydrogen (secondary N) is 1. The fourth-order valence-corrected chi connectivity index (χ4v) is 1.72. The van der Waals surface area contributed by atoms with Crippen LogP contribution in [0.2, 0.25) is 0 Å². The van der Waals surface area contributed by atoms with Gasteiger partial charge in [0.1, 0.15) is 11.3 Å². The Kier molecular flexibility index (Phi) is 3.62. The lowest BCUT2D eigenvalue weighted by atomic mass is 10.1. The summed E-state index contributed by atoms with van der Waals surface area (Å²) in [5.41, 5.74) is 3.95. The lowest BCUT2D eigenvalue weighted by Gasteiger charge is -1.96. The predicted octanol–water partition coefficient (Wildman–Crippen LogP) is 2.69. The van der Waals surface area contributed by atoms with Gasteiger partial charge in [0.05, 0.1) is 13.3 Å². The standard InChI is InChI=1S/C13H14N2O3/c1-3-11-10(8-14-15-13(16)17-2)9-6-4-5-7-12(9)18-11/h4-8H,3H2,1-2H3,(H,15,16)/b14-8-. The molecule has 0 atom stereocenters. The zero-order valence-corrected chi connectivity index (χ0v) is 10.3. The Morgan fingerprint density at radius 1 is 1.50 bits per heavy atom. The van der Waals surface area contributed by atoms with Gasteiger partial charge >= 0.3 is 6.09 Å². The zero-order chi connectivity index (χ0) is 13.0. The van der Waals surface area contributed by atoms with Crippen molar-refractivity contribution >= 4 is 23.3 Å². The van der Waals surface area contributed by atoms with Gasteiger partial charge in [-0.05, 0) is 6.07 Å². The number of ether oxygens (including phenoxy) is 1. The summed E-state index contributed by atoms with van der Waals surface area (Å²) in [4.78, 5) is 10.9. The van der Waals surface area contributed by atoms with E-state index in [-0.39, 0.29) is 0 Å². The quantitative estimate of drug-likeness (QED) is 0.669. The summed E-state index contributed by atoms with van der Waals surface area (Å²) in [6.45, 7) is 2.00. The number of rotatable bonds is 3. The van der Waals surface area contributed by atoms with Crippen LogP contribution in [0.15, 0.2) is 33.8 Å². The van der Waals surface area contributed by atoms with E-state index in [1.165, 1.54) is 7.11 Å². The second kappa shape index (κ2) is 5.35. The molecule has 0 unspecified atom stereocenters. The molecule has 0 bridgehead atoms. The Bertz CT molecular complexity index is 587. The van der Waals surface area contributed by atoms with E-state index >= 15 is 0 Å². The van der Waals surface area contributed by atoms with Crippen LogP contribution in [0.4, 0.5) is 4.79 Å². The SMILES string of the molecule is CCc1oc2ccccc2c1/C=N\NC(=O)OC. The lowest BCUT2D eigenvalue weighted by Crippen LogP contribution is -2.16. The molecule has 2 rings (SSSR count). The number of carbonyl (C=O) groups excluding carboxylic acids is 1. The van der Waals surface area contributed by atoms with E-state index in [9.17, 15) is 4.79 Å². The molecule has 1 N–H and O–H groups in total. The summed E-state index contributed by atoms with van der Waals surface area (Å²) in [5, 5.41) is 4.81. The Hall–Kier alpha value is -2.30. The Morgan fingerprint density at radius 3 is 3.00 bits per heavy atom. The summed E-state index contributed by atoms with van der Waals surface area (Å²) < 4.78 is 10.1. The average molecular weight is 246 g/mol. The van der Waals surface area contributed by atoms with Crippen LogP contribution in [0.3, 0.4) is 0 Å². The highest BCUT2D eigenvalue weighted by atomic mass is 16.5. The fraction of sp³-hybridized carbons (Fsp3) is 0.231. The number of para-hydroxylation sites is 1. The first-order valence-electron chi connectivity index (χ1n) is 5.63. The van der Waals surface area contributed by atoms with E-state index in [0.29, 0.717) is 0 Å². The molecule has 1 aromatic carbocycles. The van der Waals surface area contributed by atoms with Crippen LogP contribution in [-0.2, 0) is 11.2 Å². The van der Waals surface area contributed by atoms with Crippen molar-refractivity contribution in [1.29, 1.82) is 0 Å². The molecule has 0 saturated heterocycles. The third kappa shape index (κ3) is 2.34. The van der Waals surface area contributed by atoms with Crippen molar-refractivity contribution in [2.45, 2.75) is 13.3 Å². The summed E-state index contributed by atoms with van der Waals surface area (Å²) in [6, 6.07) is 7.71. The summed E-state index contributed by atoms with van der Waals surface area (Å²) >= 11 is 0. The molecule has 0 aliphatic rings. The molecule has 5 heteroatoms. The largest absolute Gasteiger partial charge is 0.460 e. The number of methoxy groups -OCH3 is 1. The first kappa shape index (κ1) is 12.2. The van der Waals surface area contributed by atoms with Gasteiger partial charge in [-0.2, -0.15) is 5.10 Å². The molecule has 94 valence electrons. The van der Waals surface area contributed by atoms with Crippen LogP contribution in [0.25, 0.3) is 11.0 Å². The monoisotopic (exact) mass is 246 g/mol. The first-order chi connectivity index (χ1) is 8.76. The van der Waals surface area contributed by atoms with Gasteiger partial charge in [-0.15, -0.1) is 0 Å². The van der Waals surface area contributed by atoms with Crippen molar-refractivity contribution in [2.24, 2.45) is 5.10 Å². The second-order valence-electron chi connectivity index (χ2n) is 3.65. The van der Waals surface area contributed by atoms with Crippen LogP contribution >= 0.6 is 0 Å². The number of carbonyl (C=O) groups is 1. The number of furan rings is 1. The molecule has 0 radical (unpaired) electrons. The van der Waals surface area contributed by atoms with E-state index in [4.69, 9.17) is 4.42 Å². The number of aryl methyl sites for hydroxylation is 1. The van der Waals surface area contributed by atoms with Gasteiger partial charge in [0.2, 0.25) is 0 Å². The van der Waals surface area contributed by atoms with E-state index in [1.54, 1.807) is 6.21 Å². The van der Waals surface area contributed by atoms with E-state index in [1.807, 2.05) is 31.2 Å². The summed E-state index contributed by atoms with van der Waals surface area (Å²) in [7, 11) is 1.29. The molecular formula is C13H14N2O3. The zero-order valence-electron chi connectivity index (χ0n) is 10.3. The molecule has 0 aliphatic carbocycles. The Balaban J connectivity index is 2.33. The maximum Gasteiger partial charge on any atom is 0.427 e. The average Bonchev–Trinajstić information content (AvgIpc) is 2.77. The maximum atomic E-state index is 10.9. The highest BCUT2D eigenvalue weighted by Crippen LogP contribution is 2.24. The maximum absolute atomic E-state index is 10.9. The number of benzene rings is 1. The van der Waals surface area contributed by atoms with Crippen molar-refractivity contribution in [3.8, 4) is 0 Å². The normalized spacial score (nSPS) is 11.0. The minimum Gasteiger partial charge on any atom is -0.460 e. The third-order valence-electron chi connectivity index (χ3n) is 2.57. The van der Waals surface area contributed by atoms with Crippen LogP contribution < -0.4 is 5.43 Å². The Labute approximate surface area is 104 Å².